The fraction of sp³-hybridized carbons (Fsp3) is 0.269. The number of halogens is 1. The third-order valence-electron chi connectivity index (χ3n) is 5.70. The van der Waals surface area contributed by atoms with Crippen molar-refractivity contribution in [1.82, 2.24) is 5.32 Å². The molecule has 0 saturated carbocycles. The lowest BCUT2D eigenvalue weighted by molar-refractivity contribution is -0.0382. The maximum absolute atomic E-state index is 13.6. The van der Waals surface area contributed by atoms with Crippen LogP contribution in [0, 0.1) is 0 Å². The maximum Gasteiger partial charge on any atom is 0.343 e. The number of esters is 1. The van der Waals surface area contributed by atoms with E-state index >= 15 is 0 Å². The summed E-state index contributed by atoms with van der Waals surface area (Å²) in [5.41, 5.74) is 1.69. The molecule has 1 heterocycles. The second-order valence-corrected chi connectivity index (χ2v) is 8.61. The van der Waals surface area contributed by atoms with Crippen LogP contribution in [-0.2, 0) is 16.9 Å². The highest BCUT2D eigenvalue weighted by Crippen LogP contribution is 2.39. The zero-order valence-electron chi connectivity index (χ0n) is 18.0. The molecule has 1 saturated heterocycles. The van der Waals surface area contributed by atoms with Crippen molar-refractivity contribution in [3.05, 3.63) is 94.0 Å². The summed E-state index contributed by atoms with van der Waals surface area (Å²) in [5.74, 6) is 0.590. The summed E-state index contributed by atoms with van der Waals surface area (Å²) in [4.78, 5) is 13.6. The number of piperidine rings is 1. The van der Waals surface area contributed by atoms with Crippen molar-refractivity contribution in [2.45, 2.75) is 25.0 Å². The minimum atomic E-state index is -0.681. The second kappa shape index (κ2) is 10.2. The van der Waals surface area contributed by atoms with Crippen LogP contribution in [0.3, 0.4) is 0 Å². The van der Waals surface area contributed by atoms with Gasteiger partial charge in [0, 0.05) is 23.4 Å². The Morgan fingerprint density at radius 3 is 2.31 bits per heavy atom. The van der Waals surface area contributed by atoms with E-state index in [0.717, 1.165) is 24.2 Å². The van der Waals surface area contributed by atoms with Crippen LogP contribution in [0.15, 0.2) is 77.3 Å². The number of ether oxygens (including phenoxy) is 3. The van der Waals surface area contributed by atoms with Crippen LogP contribution >= 0.6 is 15.9 Å². The molecule has 1 aliphatic rings. The highest BCUT2D eigenvalue weighted by molar-refractivity contribution is 9.10. The van der Waals surface area contributed by atoms with Crippen LogP contribution in [0.2, 0.25) is 0 Å². The van der Waals surface area contributed by atoms with E-state index in [1.807, 2.05) is 60.7 Å². The molecule has 0 aliphatic carbocycles. The van der Waals surface area contributed by atoms with Gasteiger partial charge in [-0.15, -0.1) is 0 Å². The molecule has 0 unspecified atom stereocenters. The van der Waals surface area contributed by atoms with Gasteiger partial charge in [-0.2, -0.15) is 0 Å². The Hall–Kier alpha value is -2.83. The maximum atomic E-state index is 13.6. The molecular weight excluding hydrogens is 470 g/mol. The minimum absolute atomic E-state index is 0.328. The number of nitrogens with one attached hydrogen (secondary N) is 1. The van der Waals surface area contributed by atoms with Gasteiger partial charge in [-0.3, -0.25) is 0 Å². The standard InChI is InChI=1S/C26H26BrNO4/c1-30-21-16-22(27)24(23(17-21)31-18-19-8-4-2-5-9-19)25(29)32-26(12-14-28-15-13-26)20-10-6-3-7-11-20/h2-11,16-17,28H,12-15,18H2,1H3. The van der Waals surface area contributed by atoms with E-state index in [2.05, 4.69) is 21.2 Å². The van der Waals surface area contributed by atoms with Crippen LogP contribution < -0.4 is 14.8 Å². The molecule has 1 N–H and O–H groups in total. The van der Waals surface area contributed by atoms with Crippen molar-refractivity contribution in [3.63, 3.8) is 0 Å². The van der Waals surface area contributed by atoms with Gasteiger partial charge in [0.05, 0.1) is 7.11 Å². The van der Waals surface area contributed by atoms with Crippen molar-refractivity contribution < 1.29 is 19.0 Å². The predicted octanol–water partition coefficient (Wildman–Crippen LogP) is 5.47. The van der Waals surface area contributed by atoms with E-state index in [9.17, 15) is 4.79 Å². The Morgan fingerprint density at radius 1 is 1.00 bits per heavy atom. The average molecular weight is 496 g/mol. The van der Waals surface area contributed by atoms with Crippen molar-refractivity contribution in [2.24, 2.45) is 0 Å². The molecular formula is C26H26BrNO4. The van der Waals surface area contributed by atoms with E-state index in [0.29, 0.717) is 41.0 Å². The zero-order chi connectivity index (χ0) is 22.4. The van der Waals surface area contributed by atoms with Crippen molar-refractivity contribution in [2.75, 3.05) is 20.2 Å². The quantitative estimate of drug-likeness (QED) is 0.440. The Bertz CT molecular complexity index is 1050. The SMILES string of the molecule is COc1cc(Br)c(C(=O)OC2(c3ccccc3)CCNCC2)c(OCc2ccccc2)c1. The van der Waals surface area contributed by atoms with Gasteiger partial charge in [0.1, 0.15) is 29.3 Å². The predicted molar refractivity (Wildman–Crippen MR) is 127 cm³/mol. The van der Waals surface area contributed by atoms with E-state index < -0.39 is 11.6 Å². The van der Waals surface area contributed by atoms with E-state index in [1.54, 1.807) is 19.2 Å². The van der Waals surface area contributed by atoms with Crippen LogP contribution in [0.4, 0.5) is 0 Å². The largest absolute Gasteiger partial charge is 0.497 e. The molecule has 6 heteroatoms. The fourth-order valence-electron chi connectivity index (χ4n) is 3.97. The smallest absolute Gasteiger partial charge is 0.343 e. The number of hydrogen-bond donors (Lipinski definition) is 1. The summed E-state index contributed by atoms with van der Waals surface area (Å²) in [5, 5.41) is 3.36. The first-order chi connectivity index (χ1) is 15.6. The van der Waals surface area contributed by atoms with Crippen molar-refractivity contribution >= 4 is 21.9 Å². The number of carbonyl (C=O) groups is 1. The summed E-state index contributed by atoms with van der Waals surface area (Å²) in [6.45, 7) is 1.89. The van der Waals surface area contributed by atoms with Gasteiger partial charge in [0.2, 0.25) is 0 Å². The highest BCUT2D eigenvalue weighted by Gasteiger charge is 2.39. The van der Waals surface area contributed by atoms with Gasteiger partial charge in [-0.25, -0.2) is 4.79 Å². The second-order valence-electron chi connectivity index (χ2n) is 7.76. The van der Waals surface area contributed by atoms with Crippen molar-refractivity contribution in [1.29, 1.82) is 0 Å². The molecule has 0 atom stereocenters. The molecule has 166 valence electrons. The summed E-state index contributed by atoms with van der Waals surface area (Å²) in [7, 11) is 1.58. The molecule has 0 bridgehead atoms. The van der Waals surface area contributed by atoms with Crippen LogP contribution in [0.1, 0.15) is 34.3 Å². The number of rotatable bonds is 7. The molecule has 32 heavy (non-hydrogen) atoms. The molecule has 0 aromatic heterocycles. The number of carbonyl (C=O) groups excluding carboxylic acids is 1. The Kier molecular flexibility index (Phi) is 7.12. The lowest BCUT2D eigenvalue weighted by atomic mass is 9.84. The molecule has 3 aromatic rings. The molecule has 1 fully saturated rings. The molecule has 5 nitrogen and oxygen atoms in total. The summed E-state index contributed by atoms with van der Waals surface area (Å²) < 4.78 is 18.3. The Balaban J connectivity index is 1.65. The third kappa shape index (κ3) is 4.97. The molecule has 0 radical (unpaired) electrons. The number of methoxy groups -OCH3 is 1. The normalized spacial score (nSPS) is 15.1. The van der Waals surface area contributed by atoms with Gasteiger partial charge in [0.15, 0.2) is 0 Å². The third-order valence-corrected chi connectivity index (χ3v) is 6.33. The zero-order valence-corrected chi connectivity index (χ0v) is 19.6. The van der Waals surface area contributed by atoms with Gasteiger partial charge in [-0.1, -0.05) is 60.7 Å². The Morgan fingerprint density at radius 2 is 1.66 bits per heavy atom. The van der Waals surface area contributed by atoms with Gasteiger partial charge in [0.25, 0.3) is 0 Å². The summed E-state index contributed by atoms with van der Waals surface area (Å²) in [6, 6.07) is 23.3. The topological polar surface area (TPSA) is 56.8 Å². The number of hydrogen-bond acceptors (Lipinski definition) is 5. The first kappa shape index (κ1) is 22.4. The van der Waals surface area contributed by atoms with Gasteiger partial charge >= 0.3 is 5.97 Å². The fourth-order valence-corrected chi connectivity index (χ4v) is 4.56. The average Bonchev–Trinajstić information content (AvgIpc) is 2.84. The van der Waals surface area contributed by atoms with Crippen LogP contribution in [0.5, 0.6) is 11.5 Å². The highest BCUT2D eigenvalue weighted by atomic mass is 79.9. The van der Waals surface area contributed by atoms with Gasteiger partial charge < -0.3 is 19.5 Å². The first-order valence-electron chi connectivity index (χ1n) is 10.7. The van der Waals surface area contributed by atoms with E-state index in [1.165, 1.54) is 0 Å². The monoisotopic (exact) mass is 495 g/mol. The Labute approximate surface area is 196 Å². The van der Waals surface area contributed by atoms with Crippen LogP contribution in [0.25, 0.3) is 0 Å². The van der Waals surface area contributed by atoms with Crippen LogP contribution in [-0.4, -0.2) is 26.2 Å². The molecule has 3 aromatic carbocycles. The molecule has 4 rings (SSSR count). The number of benzene rings is 3. The van der Waals surface area contributed by atoms with Crippen molar-refractivity contribution in [3.8, 4) is 11.5 Å². The lowest BCUT2D eigenvalue weighted by Crippen LogP contribution is -2.43. The molecule has 0 spiro atoms. The van der Waals surface area contributed by atoms with E-state index in [4.69, 9.17) is 14.2 Å². The first-order valence-corrected chi connectivity index (χ1v) is 11.4. The minimum Gasteiger partial charge on any atom is -0.497 e. The summed E-state index contributed by atoms with van der Waals surface area (Å²) in [6.07, 6.45) is 1.41. The molecule has 0 amide bonds. The molecule has 1 aliphatic heterocycles. The lowest BCUT2D eigenvalue weighted by Gasteiger charge is -2.37. The van der Waals surface area contributed by atoms with E-state index in [-0.39, 0.29) is 0 Å². The van der Waals surface area contributed by atoms with Gasteiger partial charge in [-0.05, 0) is 46.2 Å². The summed E-state index contributed by atoms with van der Waals surface area (Å²) >= 11 is 3.53.